The van der Waals surface area contributed by atoms with Crippen molar-refractivity contribution in [3.8, 4) is 5.75 Å². The summed E-state index contributed by atoms with van der Waals surface area (Å²) in [7, 11) is 0. The maximum atomic E-state index is 13.7. The molecule has 0 fully saturated rings. The second-order valence-electron chi connectivity index (χ2n) is 9.03. The van der Waals surface area contributed by atoms with Crippen LogP contribution in [-0.2, 0) is 6.61 Å². The van der Waals surface area contributed by atoms with E-state index >= 15 is 0 Å². The van der Waals surface area contributed by atoms with E-state index in [-0.39, 0.29) is 16.8 Å². The summed E-state index contributed by atoms with van der Waals surface area (Å²) < 4.78 is 17.2. The Kier molecular flexibility index (Phi) is 5.57. The first-order chi connectivity index (χ1) is 17.9. The van der Waals surface area contributed by atoms with E-state index in [1.54, 1.807) is 25.1 Å². The highest BCUT2D eigenvalue weighted by Crippen LogP contribution is 2.41. The van der Waals surface area contributed by atoms with Crippen molar-refractivity contribution >= 4 is 34.3 Å². The molecule has 0 saturated heterocycles. The average molecular weight is 513 g/mol. The largest absolute Gasteiger partial charge is 0.489 e. The Morgan fingerprint density at radius 3 is 2.43 bits per heavy atom. The molecule has 1 aliphatic heterocycles. The van der Waals surface area contributed by atoms with E-state index < -0.39 is 11.9 Å². The molecule has 3 aromatic carbocycles. The molecule has 1 atom stereocenters. The van der Waals surface area contributed by atoms with Crippen LogP contribution in [-0.4, -0.2) is 11.1 Å². The highest BCUT2D eigenvalue weighted by Gasteiger charge is 2.44. The number of aryl methyl sites for hydroxylation is 2. The number of aromatic nitrogens is 1. The molecule has 0 aliphatic carbocycles. The van der Waals surface area contributed by atoms with E-state index in [0.29, 0.717) is 45.5 Å². The quantitative estimate of drug-likeness (QED) is 0.271. The third-order valence-electron chi connectivity index (χ3n) is 6.40. The number of anilines is 1. The maximum absolute atomic E-state index is 13.7. The zero-order valence-corrected chi connectivity index (χ0v) is 20.8. The smallest absolute Gasteiger partial charge is 0.296 e. The number of fused-ring (bicyclic) bond motifs is 2. The topological polar surface area (TPSA) is 85.8 Å². The molecule has 7 nitrogen and oxygen atoms in total. The number of ether oxygens (including phenoxy) is 1. The molecule has 1 amide bonds. The number of halogens is 1. The van der Waals surface area contributed by atoms with Gasteiger partial charge in [-0.2, -0.15) is 0 Å². The van der Waals surface area contributed by atoms with Gasteiger partial charge in [0, 0.05) is 11.1 Å². The van der Waals surface area contributed by atoms with Crippen molar-refractivity contribution in [2.24, 2.45) is 0 Å². The van der Waals surface area contributed by atoms with Gasteiger partial charge in [0.15, 0.2) is 11.2 Å². The SMILES string of the molecule is Cc1ccc2oc3c(c(=O)c2c1)[C@H](c1ccc(OCc2ccc(Cl)cc2)cc1)N(c1cc(C)on1)C3=O. The van der Waals surface area contributed by atoms with Gasteiger partial charge in [0.2, 0.25) is 5.76 Å². The highest BCUT2D eigenvalue weighted by atomic mass is 35.5. The zero-order valence-electron chi connectivity index (χ0n) is 20.0. The molecule has 0 unspecified atom stereocenters. The molecule has 184 valence electrons. The van der Waals surface area contributed by atoms with E-state index in [4.69, 9.17) is 25.3 Å². The van der Waals surface area contributed by atoms with Crippen molar-refractivity contribution in [3.05, 3.63) is 122 Å². The van der Waals surface area contributed by atoms with Crippen LogP contribution in [0.5, 0.6) is 5.75 Å². The van der Waals surface area contributed by atoms with Crippen LogP contribution in [0.1, 0.15) is 44.6 Å². The minimum Gasteiger partial charge on any atom is -0.489 e. The first-order valence-electron chi connectivity index (χ1n) is 11.7. The van der Waals surface area contributed by atoms with Gasteiger partial charge < -0.3 is 13.7 Å². The van der Waals surface area contributed by atoms with Gasteiger partial charge in [-0.3, -0.25) is 14.5 Å². The molecular weight excluding hydrogens is 492 g/mol. The zero-order chi connectivity index (χ0) is 25.7. The summed E-state index contributed by atoms with van der Waals surface area (Å²) in [6, 6.07) is 21.0. The third-order valence-corrected chi connectivity index (χ3v) is 6.65. The molecule has 0 saturated carbocycles. The minimum atomic E-state index is -0.738. The fourth-order valence-electron chi connectivity index (χ4n) is 4.60. The summed E-state index contributed by atoms with van der Waals surface area (Å²) >= 11 is 5.95. The van der Waals surface area contributed by atoms with Gasteiger partial charge in [-0.05, 0) is 61.4 Å². The van der Waals surface area contributed by atoms with E-state index in [0.717, 1.165) is 11.1 Å². The molecule has 2 aromatic heterocycles. The Morgan fingerprint density at radius 1 is 0.973 bits per heavy atom. The van der Waals surface area contributed by atoms with Crippen molar-refractivity contribution in [1.29, 1.82) is 0 Å². The van der Waals surface area contributed by atoms with Crippen LogP contribution >= 0.6 is 11.6 Å². The number of benzene rings is 3. The Morgan fingerprint density at radius 2 is 1.73 bits per heavy atom. The number of carbonyl (C=O) groups is 1. The predicted molar refractivity (Wildman–Crippen MR) is 139 cm³/mol. The molecule has 0 bridgehead atoms. The predicted octanol–water partition coefficient (Wildman–Crippen LogP) is 6.38. The van der Waals surface area contributed by atoms with Gasteiger partial charge in [0.05, 0.1) is 17.0 Å². The molecule has 8 heteroatoms. The molecule has 0 radical (unpaired) electrons. The summed E-state index contributed by atoms with van der Waals surface area (Å²) in [5.74, 6) is 1.06. The van der Waals surface area contributed by atoms with E-state index in [1.807, 2.05) is 61.5 Å². The molecule has 3 heterocycles. The van der Waals surface area contributed by atoms with Gasteiger partial charge in [0.1, 0.15) is 23.7 Å². The van der Waals surface area contributed by atoms with Crippen molar-refractivity contribution in [2.75, 3.05) is 4.90 Å². The van der Waals surface area contributed by atoms with E-state index in [9.17, 15) is 9.59 Å². The van der Waals surface area contributed by atoms with Crippen molar-refractivity contribution in [2.45, 2.75) is 26.5 Å². The normalized spacial score (nSPS) is 14.8. The lowest BCUT2D eigenvalue weighted by molar-refractivity contribution is 0.0969. The van der Waals surface area contributed by atoms with Crippen molar-refractivity contribution in [3.63, 3.8) is 0 Å². The third kappa shape index (κ3) is 4.07. The summed E-state index contributed by atoms with van der Waals surface area (Å²) in [4.78, 5) is 28.7. The molecule has 37 heavy (non-hydrogen) atoms. The van der Waals surface area contributed by atoms with Gasteiger partial charge in [-0.1, -0.05) is 52.7 Å². The van der Waals surface area contributed by atoms with Crippen LogP contribution in [0.25, 0.3) is 11.0 Å². The van der Waals surface area contributed by atoms with Crippen LogP contribution in [0.15, 0.2) is 86.5 Å². The Labute approximate surface area is 216 Å². The summed E-state index contributed by atoms with van der Waals surface area (Å²) in [5, 5.41) is 5.15. The molecule has 6 rings (SSSR count). The summed E-state index contributed by atoms with van der Waals surface area (Å²) in [6.45, 7) is 4.02. The molecule has 0 spiro atoms. The monoisotopic (exact) mass is 512 g/mol. The number of amides is 1. The number of hydrogen-bond donors (Lipinski definition) is 0. The van der Waals surface area contributed by atoms with Crippen LogP contribution in [0, 0.1) is 13.8 Å². The van der Waals surface area contributed by atoms with Gasteiger partial charge >= 0.3 is 0 Å². The molecule has 5 aromatic rings. The standard InChI is InChI=1S/C29H21ClN2O5/c1-16-3-12-23-22(13-16)27(33)25-26(32(29(34)28(25)36-23)24-14-17(2)37-31-24)19-6-10-21(11-7-19)35-15-18-4-8-20(30)9-5-18/h3-14,26H,15H2,1-2H3/t26-/m0/s1. The second-order valence-corrected chi connectivity index (χ2v) is 9.47. The number of rotatable bonds is 5. The average Bonchev–Trinajstić information content (AvgIpc) is 3.45. The minimum absolute atomic E-state index is 0.00933. The molecule has 0 N–H and O–H groups in total. The maximum Gasteiger partial charge on any atom is 0.296 e. The van der Waals surface area contributed by atoms with Crippen molar-refractivity contribution < 1.29 is 18.5 Å². The highest BCUT2D eigenvalue weighted by molar-refractivity contribution is 6.30. The molecular formula is C29H21ClN2O5. The molecule has 1 aliphatic rings. The Bertz CT molecular complexity index is 1700. The van der Waals surface area contributed by atoms with Crippen molar-refractivity contribution in [1.82, 2.24) is 5.16 Å². The van der Waals surface area contributed by atoms with Crippen LogP contribution in [0.3, 0.4) is 0 Å². The second kappa shape index (κ2) is 8.94. The summed E-state index contributed by atoms with van der Waals surface area (Å²) in [6.07, 6.45) is 0. The van der Waals surface area contributed by atoms with Gasteiger partial charge in [-0.15, -0.1) is 0 Å². The van der Waals surface area contributed by atoms with Crippen LogP contribution in [0.4, 0.5) is 5.82 Å². The lowest BCUT2D eigenvalue weighted by Crippen LogP contribution is -2.29. The van der Waals surface area contributed by atoms with E-state index in [2.05, 4.69) is 5.16 Å². The Balaban J connectivity index is 1.41. The lowest BCUT2D eigenvalue weighted by atomic mass is 9.98. The van der Waals surface area contributed by atoms with Gasteiger partial charge in [-0.25, -0.2) is 0 Å². The fourth-order valence-corrected chi connectivity index (χ4v) is 4.72. The number of hydrogen-bond acceptors (Lipinski definition) is 6. The first-order valence-corrected chi connectivity index (χ1v) is 12.1. The fraction of sp³-hybridized carbons (Fsp3) is 0.138. The lowest BCUT2D eigenvalue weighted by Gasteiger charge is -2.22. The van der Waals surface area contributed by atoms with Crippen LogP contribution < -0.4 is 15.1 Å². The van der Waals surface area contributed by atoms with E-state index in [1.165, 1.54) is 4.90 Å². The Hall–Kier alpha value is -4.36. The van der Waals surface area contributed by atoms with Gasteiger partial charge in [0.25, 0.3) is 5.91 Å². The number of carbonyl (C=O) groups excluding carboxylic acids is 1. The van der Waals surface area contributed by atoms with Crippen LogP contribution in [0.2, 0.25) is 5.02 Å². The first kappa shape index (κ1) is 23.1. The number of nitrogens with zero attached hydrogens (tertiary/aromatic N) is 2. The summed E-state index contributed by atoms with van der Waals surface area (Å²) in [5.41, 5.74) is 3.02.